The van der Waals surface area contributed by atoms with Crippen LogP contribution in [0.15, 0.2) is 42.5 Å². The smallest absolute Gasteiger partial charge is 0.303 e. The molecule has 1 fully saturated rings. The molecule has 3 rings (SSSR count). The largest absolute Gasteiger partial charge is 0.489 e. The fourth-order valence-electron chi connectivity index (χ4n) is 3.24. The highest BCUT2D eigenvalue weighted by molar-refractivity contribution is 5.66. The van der Waals surface area contributed by atoms with Gasteiger partial charge in [-0.3, -0.25) is 4.79 Å². The first-order valence-electron chi connectivity index (χ1n) is 8.78. The number of carboxylic acids is 1. The van der Waals surface area contributed by atoms with E-state index in [1.165, 1.54) is 16.7 Å². The molecule has 0 amide bonds. The second-order valence-electron chi connectivity index (χ2n) is 6.53. The number of hydrogen-bond donors (Lipinski definition) is 1. The topological polar surface area (TPSA) is 65.0 Å². The predicted octanol–water partition coefficient (Wildman–Crippen LogP) is 3.95. The molecule has 1 aliphatic heterocycles. The van der Waals surface area contributed by atoms with Gasteiger partial charge < -0.3 is 19.3 Å². The molecule has 0 spiro atoms. The van der Waals surface area contributed by atoms with Gasteiger partial charge in [0.15, 0.2) is 5.79 Å². The van der Waals surface area contributed by atoms with Crippen LogP contribution < -0.4 is 4.74 Å². The molecule has 1 saturated heterocycles. The Morgan fingerprint density at radius 1 is 1.12 bits per heavy atom. The molecule has 0 saturated carbocycles. The van der Waals surface area contributed by atoms with Crippen molar-refractivity contribution in [2.45, 2.75) is 39.1 Å². The van der Waals surface area contributed by atoms with Gasteiger partial charge in [0.2, 0.25) is 0 Å². The Balaban J connectivity index is 1.78. The number of rotatable bonds is 7. The van der Waals surface area contributed by atoms with E-state index in [2.05, 4.69) is 26.0 Å². The number of aliphatic carboxylic acids is 1. The Bertz CT molecular complexity index is 757. The fraction of sp³-hybridized carbons (Fsp3) is 0.381. The summed E-state index contributed by atoms with van der Waals surface area (Å²) in [4.78, 5) is 11.0. The van der Waals surface area contributed by atoms with Gasteiger partial charge in [-0.2, -0.15) is 0 Å². The Morgan fingerprint density at radius 3 is 2.42 bits per heavy atom. The molecule has 0 aromatic heterocycles. The number of aryl methyl sites for hydroxylation is 2. The van der Waals surface area contributed by atoms with Crippen molar-refractivity contribution in [1.29, 1.82) is 0 Å². The van der Waals surface area contributed by atoms with Crippen molar-refractivity contribution in [3.63, 3.8) is 0 Å². The van der Waals surface area contributed by atoms with Crippen molar-refractivity contribution >= 4 is 5.97 Å². The molecule has 0 radical (unpaired) electrons. The molecule has 1 N–H and O–H groups in total. The number of carboxylic acid groups (broad SMARTS) is 1. The molecule has 0 aliphatic carbocycles. The predicted molar refractivity (Wildman–Crippen MR) is 97.1 cm³/mol. The van der Waals surface area contributed by atoms with Gasteiger partial charge in [0.05, 0.1) is 19.6 Å². The van der Waals surface area contributed by atoms with Gasteiger partial charge in [-0.1, -0.05) is 30.3 Å². The van der Waals surface area contributed by atoms with Crippen molar-refractivity contribution in [3.8, 4) is 5.75 Å². The molecule has 0 atom stereocenters. The maximum atomic E-state index is 11.0. The molecule has 2 aromatic rings. The summed E-state index contributed by atoms with van der Waals surface area (Å²) < 4.78 is 17.6. The third-order valence-electron chi connectivity index (χ3n) is 4.72. The first-order valence-corrected chi connectivity index (χ1v) is 8.78. The van der Waals surface area contributed by atoms with Crippen molar-refractivity contribution in [3.05, 3.63) is 64.7 Å². The van der Waals surface area contributed by atoms with E-state index in [0.29, 0.717) is 25.6 Å². The highest BCUT2D eigenvalue weighted by Gasteiger charge is 2.39. The zero-order valence-electron chi connectivity index (χ0n) is 15.2. The standard InChI is InChI=1S/C21H24O5/c1-15-5-3-6-16(2)19(15)14-24-18-8-4-7-17(13-18)21(10-9-20(22)23)25-11-12-26-21/h3-8,13H,9-12,14H2,1-2H3,(H,22,23). The van der Waals surface area contributed by atoms with Gasteiger partial charge in [-0.05, 0) is 42.7 Å². The van der Waals surface area contributed by atoms with Crippen molar-refractivity contribution in [2.24, 2.45) is 0 Å². The maximum Gasteiger partial charge on any atom is 0.303 e. The molecule has 26 heavy (non-hydrogen) atoms. The van der Waals surface area contributed by atoms with E-state index in [1.54, 1.807) is 0 Å². The van der Waals surface area contributed by atoms with E-state index < -0.39 is 11.8 Å². The molecule has 1 heterocycles. The lowest BCUT2D eigenvalue weighted by atomic mass is 10.00. The van der Waals surface area contributed by atoms with Crippen LogP contribution in [-0.2, 0) is 26.7 Å². The van der Waals surface area contributed by atoms with E-state index in [0.717, 1.165) is 5.56 Å². The Hall–Kier alpha value is -2.37. The van der Waals surface area contributed by atoms with E-state index in [1.807, 2.05) is 30.3 Å². The maximum absolute atomic E-state index is 11.0. The SMILES string of the molecule is Cc1cccc(C)c1COc1cccc(C2(CCC(=O)O)OCCO2)c1. The molecule has 5 heteroatoms. The molecule has 138 valence electrons. The van der Waals surface area contributed by atoms with E-state index >= 15 is 0 Å². The van der Waals surface area contributed by atoms with Crippen molar-refractivity contribution < 1.29 is 24.1 Å². The minimum Gasteiger partial charge on any atom is -0.489 e. The van der Waals surface area contributed by atoms with E-state index in [9.17, 15) is 4.79 Å². The lowest BCUT2D eigenvalue weighted by molar-refractivity contribution is -0.176. The number of carbonyl (C=O) groups is 1. The van der Waals surface area contributed by atoms with E-state index in [-0.39, 0.29) is 12.8 Å². The summed E-state index contributed by atoms with van der Waals surface area (Å²) in [6.45, 7) is 5.53. The zero-order valence-corrected chi connectivity index (χ0v) is 15.2. The van der Waals surface area contributed by atoms with Gasteiger partial charge in [-0.25, -0.2) is 0 Å². The van der Waals surface area contributed by atoms with Gasteiger partial charge in [0.1, 0.15) is 12.4 Å². The molecule has 1 aliphatic rings. The lowest BCUT2D eigenvalue weighted by Crippen LogP contribution is -2.28. The van der Waals surface area contributed by atoms with E-state index in [4.69, 9.17) is 19.3 Å². The Labute approximate surface area is 153 Å². The van der Waals surface area contributed by atoms with Crippen LogP contribution in [0.4, 0.5) is 0 Å². The fourth-order valence-corrected chi connectivity index (χ4v) is 3.24. The average molecular weight is 356 g/mol. The van der Waals surface area contributed by atoms with Crippen LogP contribution in [0.5, 0.6) is 5.75 Å². The second kappa shape index (κ2) is 7.89. The van der Waals surface area contributed by atoms with Crippen LogP contribution in [0.3, 0.4) is 0 Å². The summed E-state index contributed by atoms with van der Waals surface area (Å²) in [5, 5.41) is 9.02. The zero-order chi connectivity index (χ0) is 18.6. The van der Waals surface area contributed by atoms with Crippen LogP contribution in [0.1, 0.15) is 35.1 Å². The first-order chi connectivity index (χ1) is 12.5. The van der Waals surface area contributed by atoms with Crippen LogP contribution in [0.2, 0.25) is 0 Å². The van der Waals surface area contributed by atoms with Gasteiger partial charge in [0.25, 0.3) is 0 Å². The highest BCUT2D eigenvalue weighted by Crippen LogP contribution is 2.37. The summed E-state index contributed by atoms with van der Waals surface area (Å²) in [6.07, 6.45) is 0.246. The third-order valence-corrected chi connectivity index (χ3v) is 4.72. The first kappa shape index (κ1) is 18.4. The van der Waals surface area contributed by atoms with Crippen LogP contribution >= 0.6 is 0 Å². The summed E-state index contributed by atoms with van der Waals surface area (Å²) in [5.41, 5.74) is 4.35. The Morgan fingerprint density at radius 2 is 1.77 bits per heavy atom. The number of ether oxygens (including phenoxy) is 3. The molecule has 0 unspecified atom stereocenters. The summed E-state index contributed by atoms with van der Waals surface area (Å²) in [6, 6.07) is 13.7. The van der Waals surface area contributed by atoms with Crippen LogP contribution in [0, 0.1) is 13.8 Å². The second-order valence-corrected chi connectivity index (χ2v) is 6.53. The van der Waals surface area contributed by atoms with Crippen LogP contribution in [-0.4, -0.2) is 24.3 Å². The molecular formula is C21H24O5. The third kappa shape index (κ3) is 4.06. The summed E-state index contributed by atoms with van der Waals surface area (Å²) in [5.74, 6) is -1.17. The molecular weight excluding hydrogens is 332 g/mol. The van der Waals surface area contributed by atoms with Crippen LogP contribution in [0.25, 0.3) is 0 Å². The van der Waals surface area contributed by atoms with Crippen molar-refractivity contribution in [2.75, 3.05) is 13.2 Å². The van der Waals surface area contributed by atoms with Crippen molar-refractivity contribution in [1.82, 2.24) is 0 Å². The normalized spacial score (nSPS) is 15.8. The van der Waals surface area contributed by atoms with Gasteiger partial charge in [-0.15, -0.1) is 0 Å². The minimum atomic E-state index is -1.00. The van der Waals surface area contributed by atoms with Gasteiger partial charge >= 0.3 is 5.97 Å². The molecule has 5 nitrogen and oxygen atoms in total. The molecule has 2 aromatic carbocycles. The van der Waals surface area contributed by atoms with Gasteiger partial charge in [0, 0.05) is 12.0 Å². The lowest BCUT2D eigenvalue weighted by Gasteiger charge is -2.27. The monoisotopic (exact) mass is 356 g/mol. The summed E-state index contributed by atoms with van der Waals surface area (Å²) in [7, 11) is 0. The highest BCUT2D eigenvalue weighted by atomic mass is 16.7. The average Bonchev–Trinajstić information content (AvgIpc) is 3.10. The Kier molecular flexibility index (Phi) is 5.59. The minimum absolute atomic E-state index is 0.0203. The summed E-state index contributed by atoms with van der Waals surface area (Å²) >= 11 is 0. The number of benzene rings is 2. The number of hydrogen-bond acceptors (Lipinski definition) is 4. The molecule has 0 bridgehead atoms. The quantitative estimate of drug-likeness (QED) is 0.814.